The maximum absolute atomic E-state index is 13.7. The zero-order valence-electron chi connectivity index (χ0n) is 10.9. The first-order valence-corrected chi connectivity index (χ1v) is 6.96. The normalized spacial score (nSPS) is 10.4. The molecule has 2 nitrogen and oxygen atoms in total. The molecule has 2 aromatic carbocycles. The van der Waals surface area contributed by atoms with Crippen molar-refractivity contribution in [2.24, 2.45) is 0 Å². The summed E-state index contributed by atoms with van der Waals surface area (Å²) in [6.45, 7) is 2.78. The Kier molecular flexibility index (Phi) is 5.10. The molecule has 0 bridgehead atoms. The van der Waals surface area contributed by atoms with E-state index >= 15 is 0 Å². The van der Waals surface area contributed by atoms with Crippen LogP contribution in [0.3, 0.4) is 0 Å². The molecule has 20 heavy (non-hydrogen) atoms. The molecule has 0 atom stereocenters. The van der Waals surface area contributed by atoms with Crippen LogP contribution in [-0.2, 0) is 6.54 Å². The van der Waals surface area contributed by atoms with E-state index in [4.69, 9.17) is 27.9 Å². The van der Waals surface area contributed by atoms with Crippen molar-refractivity contribution in [1.29, 1.82) is 0 Å². The molecule has 1 N–H and O–H groups in total. The summed E-state index contributed by atoms with van der Waals surface area (Å²) in [5.74, 6) is 0.229. The van der Waals surface area contributed by atoms with E-state index in [9.17, 15) is 4.39 Å². The van der Waals surface area contributed by atoms with E-state index in [0.29, 0.717) is 29.5 Å². The van der Waals surface area contributed by atoms with Crippen molar-refractivity contribution in [3.63, 3.8) is 0 Å². The Labute approximate surface area is 127 Å². The van der Waals surface area contributed by atoms with Crippen molar-refractivity contribution < 1.29 is 9.13 Å². The summed E-state index contributed by atoms with van der Waals surface area (Å²) in [5, 5.41) is 3.74. The van der Waals surface area contributed by atoms with Gasteiger partial charge in [0.25, 0.3) is 0 Å². The second-order valence-electron chi connectivity index (χ2n) is 4.14. The minimum absolute atomic E-state index is 0.119. The number of benzene rings is 2. The number of nitrogens with one attached hydrogen (secondary N) is 1. The molecule has 0 saturated carbocycles. The van der Waals surface area contributed by atoms with Crippen LogP contribution >= 0.6 is 23.2 Å². The van der Waals surface area contributed by atoms with Crippen molar-refractivity contribution in [3.05, 3.63) is 57.8 Å². The van der Waals surface area contributed by atoms with Gasteiger partial charge < -0.3 is 10.1 Å². The fourth-order valence-electron chi connectivity index (χ4n) is 1.77. The van der Waals surface area contributed by atoms with Gasteiger partial charge in [-0.05, 0) is 31.2 Å². The molecule has 0 amide bonds. The Bertz CT molecular complexity index is 604. The van der Waals surface area contributed by atoms with Crippen LogP contribution in [0.15, 0.2) is 36.4 Å². The lowest BCUT2D eigenvalue weighted by atomic mass is 10.2. The first-order chi connectivity index (χ1) is 9.61. The van der Waals surface area contributed by atoms with Gasteiger partial charge in [-0.2, -0.15) is 0 Å². The molecule has 0 radical (unpaired) electrons. The summed E-state index contributed by atoms with van der Waals surface area (Å²) in [4.78, 5) is 0. The van der Waals surface area contributed by atoms with Gasteiger partial charge in [-0.15, -0.1) is 0 Å². The number of anilines is 1. The van der Waals surface area contributed by atoms with Crippen LogP contribution in [0.2, 0.25) is 10.0 Å². The van der Waals surface area contributed by atoms with Gasteiger partial charge in [0.15, 0.2) is 0 Å². The number of hydrogen-bond donors (Lipinski definition) is 1. The van der Waals surface area contributed by atoms with Gasteiger partial charge in [-0.1, -0.05) is 35.3 Å². The SMILES string of the molecule is CCOc1ccc(NCc2cccc(Cl)c2F)cc1Cl. The quantitative estimate of drug-likeness (QED) is 0.824. The van der Waals surface area contributed by atoms with Gasteiger partial charge >= 0.3 is 0 Å². The summed E-state index contributed by atoms with van der Waals surface area (Å²) < 4.78 is 19.1. The molecule has 0 fully saturated rings. The van der Waals surface area contributed by atoms with Crippen LogP contribution in [0.5, 0.6) is 5.75 Å². The summed E-state index contributed by atoms with van der Waals surface area (Å²) in [7, 11) is 0. The molecule has 0 aliphatic carbocycles. The van der Waals surface area contributed by atoms with E-state index in [0.717, 1.165) is 5.69 Å². The molecule has 5 heteroatoms. The van der Waals surface area contributed by atoms with E-state index in [1.165, 1.54) is 6.07 Å². The van der Waals surface area contributed by atoms with Crippen LogP contribution in [-0.4, -0.2) is 6.61 Å². The summed E-state index contributed by atoms with van der Waals surface area (Å²) in [6, 6.07) is 10.3. The van der Waals surface area contributed by atoms with Crippen molar-refractivity contribution in [2.45, 2.75) is 13.5 Å². The highest BCUT2D eigenvalue weighted by atomic mass is 35.5. The van der Waals surface area contributed by atoms with E-state index < -0.39 is 5.82 Å². The van der Waals surface area contributed by atoms with Crippen LogP contribution in [0, 0.1) is 5.82 Å². The van der Waals surface area contributed by atoms with E-state index in [2.05, 4.69) is 5.32 Å². The van der Waals surface area contributed by atoms with Gasteiger partial charge in [-0.3, -0.25) is 0 Å². The van der Waals surface area contributed by atoms with Crippen LogP contribution < -0.4 is 10.1 Å². The first kappa shape index (κ1) is 14.9. The Morgan fingerprint density at radius 2 is 1.95 bits per heavy atom. The Hall–Kier alpha value is -1.45. The predicted molar refractivity (Wildman–Crippen MR) is 81.4 cm³/mol. The van der Waals surface area contributed by atoms with Crippen molar-refractivity contribution in [2.75, 3.05) is 11.9 Å². The second kappa shape index (κ2) is 6.82. The lowest BCUT2D eigenvalue weighted by molar-refractivity contribution is 0.340. The maximum atomic E-state index is 13.7. The predicted octanol–water partition coefficient (Wildman–Crippen LogP) is 5.14. The summed E-state index contributed by atoms with van der Waals surface area (Å²) in [6.07, 6.45) is 0. The number of rotatable bonds is 5. The average molecular weight is 314 g/mol. The molecule has 0 aliphatic heterocycles. The van der Waals surface area contributed by atoms with Crippen molar-refractivity contribution in [1.82, 2.24) is 0 Å². The molecule has 0 aliphatic rings. The Morgan fingerprint density at radius 3 is 2.65 bits per heavy atom. The largest absolute Gasteiger partial charge is 0.492 e. The standard InChI is InChI=1S/C15H14Cl2FNO/c1-2-20-14-7-6-11(8-13(14)17)19-9-10-4-3-5-12(16)15(10)18/h3-8,19H,2,9H2,1H3. The smallest absolute Gasteiger partial charge is 0.146 e. The molecule has 0 unspecified atom stereocenters. The van der Waals surface area contributed by atoms with Crippen LogP contribution in [0.25, 0.3) is 0 Å². The van der Waals surface area contributed by atoms with E-state index in [1.54, 1.807) is 24.3 Å². The molecular weight excluding hydrogens is 300 g/mol. The Morgan fingerprint density at radius 1 is 1.15 bits per heavy atom. The lowest BCUT2D eigenvalue weighted by Crippen LogP contribution is -2.02. The summed E-state index contributed by atoms with van der Waals surface area (Å²) >= 11 is 11.8. The number of hydrogen-bond acceptors (Lipinski definition) is 2. The Balaban J connectivity index is 2.07. The first-order valence-electron chi connectivity index (χ1n) is 6.21. The third-order valence-corrected chi connectivity index (χ3v) is 3.33. The molecule has 0 spiro atoms. The summed E-state index contributed by atoms with van der Waals surface area (Å²) in [5.41, 5.74) is 1.29. The fraction of sp³-hybridized carbons (Fsp3) is 0.200. The highest BCUT2D eigenvalue weighted by Crippen LogP contribution is 2.28. The van der Waals surface area contributed by atoms with Gasteiger partial charge in [-0.25, -0.2) is 4.39 Å². The monoisotopic (exact) mass is 313 g/mol. The van der Waals surface area contributed by atoms with Gasteiger partial charge in [0.05, 0.1) is 16.7 Å². The van der Waals surface area contributed by atoms with E-state index in [1.807, 2.05) is 13.0 Å². The maximum Gasteiger partial charge on any atom is 0.146 e. The minimum Gasteiger partial charge on any atom is -0.492 e. The zero-order valence-corrected chi connectivity index (χ0v) is 12.4. The van der Waals surface area contributed by atoms with Crippen LogP contribution in [0.4, 0.5) is 10.1 Å². The van der Waals surface area contributed by atoms with Gasteiger partial charge in [0.2, 0.25) is 0 Å². The third kappa shape index (κ3) is 3.56. The van der Waals surface area contributed by atoms with Crippen molar-refractivity contribution in [3.8, 4) is 5.75 Å². The van der Waals surface area contributed by atoms with E-state index in [-0.39, 0.29) is 5.02 Å². The molecule has 2 aromatic rings. The third-order valence-electron chi connectivity index (χ3n) is 2.75. The van der Waals surface area contributed by atoms with Crippen LogP contribution in [0.1, 0.15) is 12.5 Å². The average Bonchev–Trinajstić information content (AvgIpc) is 2.43. The van der Waals surface area contributed by atoms with Gasteiger partial charge in [0.1, 0.15) is 11.6 Å². The minimum atomic E-state index is -0.404. The molecule has 0 aromatic heterocycles. The molecule has 106 valence electrons. The molecule has 2 rings (SSSR count). The lowest BCUT2D eigenvalue weighted by Gasteiger charge is -2.11. The van der Waals surface area contributed by atoms with Crippen molar-refractivity contribution >= 4 is 28.9 Å². The fourth-order valence-corrected chi connectivity index (χ4v) is 2.19. The number of halogens is 3. The highest BCUT2D eigenvalue weighted by Gasteiger charge is 2.07. The molecule has 0 heterocycles. The second-order valence-corrected chi connectivity index (χ2v) is 4.96. The zero-order chi connectivity index (χ0) is 14.5. The highest BCUT2D eigenvalue weighted by molar-refractivity contribution is 6.32. The molecular formula is C15H14Cl2FNO. The molecule has 0 saturated heterocycles. The number of ether oxygens (including phenoxy) is 1. The van der Waals surface area contributed by atoms with Gasteiger partial charge in [0, 0.05) is 17.8 Å². The topological polar surface area (TPSA) is 21.3 Å².